The molecule has 15 heteroatoms. The van der Waals surface area contributed by atoms with E-state index in [2.05, 4.69) is 30.8 Å². The molecule has 0 bridgehead atoms. The highest BCUT2D eigenvalue weighted by Crippen LogP contribution is 2.33. The highest BCUT2D eigenvalue weighted by molar-refractivity contribution is 6.67. The van der Waals surface area contributed by atoms with Gasteiger partial charge >= 0.3 is 0 Å². The topological polar surface area (TPSA) is 117 Å². The van der Waals surface area contributed by atoms with Crippen LogP contribution < -0.4 is 0 Å². The average molecular weight is 721 g/mol. The van der Waals surface area contributed by atoms with Crippen LogP contribution in [0.4, 0.5) is 17.6 Å². The Morgan fingerprint density at radius 2 is 1.15 bits per heavy atom. The first kappa shape index (κ1) is 33.7. The number of nitrogens with zero attached hydrogens (tertiary/aromatic N) is 8. The Morgan fingerprint density at radius 3 is 1.75 bits per heavy atom. The number of hydrogen-bond acceptors (Lipinski definition) is 8. The van der Waals surface area contributed by atoms with Gasteiger partial charge in [-0.05, 0) is 54.1 Å². The van der Waals surface area contributed by atoms with E-state index in [4.69, 9.17) is 16.1 Å². The van der Waals surface area contributed by atoms with E-state index in [0.29, 0.717) is 22.5 Å². The molecule has 256 valence electrons. The largest absolute Gasteiger partial charge is 0.332 e. The fourth-order valence-electron chi connectivity index (χ4n) is 5.23. The van der Waals surface area contributed by atoms with Crippen molar-refractivity contribution in [2.75, 3.05) is 0 Å². The quantitative estimate of drug-likeness (QED) is 0.119. The Hall–Kier alpha value is -6.80. The fraction of sp³-hybridized carbons (Fsp3) is 0. The van der Waals surface area contributed by atoms with Gasteiger partial charge in [0.15, 0.2) is 11.4 Å². The van der Waals surface area contributed by atoms with Crippen molar-refractivity contribution in [3.63, 3.8) is 0 Å². The van der Waals surface area contributed by atoms with Gasteiger partial charge in [-0.15, -0.1) is 10.2 Å². The van der Waals surface area contributed by atoms with E-state index in [0.717, 1.165) is 18.2 Å². The fourth-order valence-corrected chi connectivity index (χ4v) is 5.36. The molecule has 0 fully saturated rings. The SMILES string of the molecule is Fc1ccc(F)c(-c2noc(-c3nnn(-c4ccccc4F)c3-c3ccccc3)n2)c1.O=C(Cl)c1nnn(-c2ccccc2F)c1-c1ccccc1. The molecule has 3 heterocycles. The summed E-state index contributed by atoms with van der Waals surface area (Å²) >= 11 is 5.55. The predicted octanol–water partition coefficient (Wildman–Crippen LogP) is 8.52. The van der Waals surface area contributed by atoms with E-state index in [-0.39, 0.29) is 40.0 Å². The third kappa shape index (κ3) is 6.69. The molecule has 52 heavy (non-hydrogen) atoms. The standard InChI is InChI=1S/C22H12F3N5O.C15H9ClFN3O/c23-14-10-11-16(24)15(12-14)21-26-22(31-28-21)19-20(13-6-2-1-3-7-13)30(29-27-19)18-9-5-4-8-17(18)25;16-15(21)13-14(10-6-2-1-3-7-10)20(19-18-13)12-9-5-4-8-11(12)17/h1-12H;1-9H. The molecule has 0 aliphatic carbocycles. The lowest BCUT2D eigenvalue weighted by Crippen LogP contribution is -2.03. The van der Waals surface area contributed by atoms with Crippen molar-refractivity contribution < 1.29 is 26.9 Å². The first-order valence-electron chi connectivity index (χ1n) is 15.3. The van der Waals surface area contributed by atoms with Gasteiger partial charge in [-0.25, -0.2) is 26.9 Å². The van der Waals surface area contributed by atoms with Gasteiger partial charge in [0.05, 0.1) is 5.56 Å². The summed E-state index contributed by atoms with van der Waals surface area (Å²) in [5, 5.41) is 18.8. The zero-order valence-electron chi connectivity index (χ0n) is 26.4. The van der Waals surface area contributed by atoms with Crippen LogP contribution in [0.5, 0.6) is 0 Å². The number of benzene rings is 5. The second kappa shape index (κ2) is 14.6. The summed E-state index contributed by atoms with van der Waals surface area (Å²) in [6.07, 6.45) is 0. The van der Waals surface area contributed by atoms with Crippen LogP contribution in [-0.2, 0) is 0 Å². The first-order chi connectivity index (χ1) is 25.3. The van der Waals surface area contributed by atoms with Crippen molar-refractivity contribution in [2.45, 2.75) is 0 Å². The summed E-state index contributed by atoms with van der Waals surface area (Å²) in [6, 6.07) is 33.2. The minimum absolute atomic E-state index is 0.00822. The number of carbonyl (C=O) groups excluding carboxylic acids is 1. The van der Waals surface area contributed by atoms with Crippen LogP contribution in [-0.4, -0.2) is 45.4 Å². The van der Waals surface area contributed by atoms with Gasteiger partial charge in [-0.3, -0.25) is 4.79 Å². The molecule has 0 aliphatic heterocycles. The lowest BCUT2D eigenvalue weighted by molar-refractivity contribution is 0.107. The average Bonchev–Trinajstić information content (AvgIpc) is 3.93. The first-order valence-corrected chi connectivity index (χ1v) is 15.7. The van der Waals surface area contributed by atoms with Crippen molar-refractivity contribution in [1.29, 1.82) is 0 Å². The molecule has 0 aliphatic rings. The number of carbonyl (C=O) groups is 1. The molecule has 10 nitrogen and oxygen atoms in total. The van der Waals surface area contributed by atoms with Gasteiger partial charge in [0.2, 0.25) is 5.82 Å². The van der Waals surface area contributed by atoms with Crippen LogP contribution in [0.15, 0.2) is 132 Å². The van der Waals surface area contributed by atoms with Crippen LogP contribution >= 0.6 is 11.6 Å². The second-order valence-corrected chi connectivity index (χ2v) is 11.2. The molecule has 0 saturated heterocycles. The minimum Gasteiger partial charge on any atom is -0.332 e. The Kier molecular flexibility index (Phi) is 9.45. The van der Waals surface area contributed by atoms with Crippen LogP contribution in [0.25, 0.3) is 56.9 Å². The molecule has 0 saturated carbocycles. The van der Waals surface area contributed by atoms with E-state index < -0.39 is 28.5 Å². The van der Waals surface area contributed by atoms with E-state index in [1.807, 2.05) is 12.1 Å². The smallest absolute Gasteiger partial charge is 0.281 e. The monoisotopic (exact) mass is 720 g/mol. The maximum atomic E-state index is 14.5. The Balaban J connectivity index is 0.000000175. The van der Waals surface area contributed by atoms with Crippen molar-refractivity contribution in [1.82, 2.24) is 40.1 Å². The molecular formula is C37H21ClF4N8O2. The van der Waals surface area contributed by atoms with Gasteiger partial charge in [-0.2, -0.15) is 4.98 Å². The third-order valence-electron chi connectivity index (χ3n) is 7.58. The highest BCUT2D eigenvalue weighted by atomic mass is 35.5. The van der Waals surface area contributed by atoms with Gasteiger partial charge < -0.3 is 4.52 Å². The Labute approximate surface area is 296 Å². The number of rotatable bonds is 7. The molecule has 8 rings (SSSR count). The van der Waals surface area contributed by atoms with Crippen molar-refractivity contribution in [2.24, 2.45) is 0 Å². The second-order valence-electron chi connectivity index (χ2n) is 10.9. The lowest BCUT2D eigenvalue weighted by Gasteiger charge is -2.08. The molecule has 8 aromatic rings. The summed E-state index contributed by atoms with van der Waals surface area (Å²) in [6.45, 7) is 0. The summed E-state index contributed by atoms with van der Waals surface area (Å²) in [7, 11) is 0. The van der Waals surface area contributed by atoms with E-state index in [9.17, 15) is 22.4 Å². The zero-order chi connectivity index (χ0) is 36.2. The van der Waals surface area contributed by atoms with Crippen molar-refractivity contribution in [3.8, 4) is 56.9 Å². The van der Waals surface area contributed by atoms with Crippen LogP contribution in [0.3, 0.4) is 0 Å². The number of hydrogen-bond donors (Lipinski definition) is 0. The molecule has 0 N–H and O–H groups in total. The lowest BCUT2D eigenvalue weighted by atomic mass is 10.1. The number of aromatic nitrogens is 8. The molecular weight excluding hydrogens is 700 g/mol. The van der Waals surface area contributed by atoms with Crippen molar-refractivity contribution >= 4 is 16.8 Å². The Morgan fingerprint density at radius 1 is 0.615 bits per heavy atom. The van der Waals surface area contributed by atoms with Crippen molar-refractivity contribution in [3.05, 3.63) is 156 Å². The molecule has 0 spiro atoms. The summed E-state index contributed by atoms with van der Waals surface area (Å²) < 4.78 is 64.0. The van der Waals surface area contributed by atoms with Crippen LogP contribution in [0.2, 0.25) is 0 Å². The van der Waals surface area contributed by atoms with E-state index in [1.54, 1.807) is 84.9 Å². The molecule has 5 aromatic carbocycles. The van der Waals surface area contributed by atoms with Gasteiger partial charge in [0, 0.05) is 11.1 Å². The molecule has 0 radical (unpaired) electrons. The van der Waals surface area contributed by atoms with Crippen LogP contribution in [0, 0.1) is 23.3 Å². The highest BCUT2D eigenvalue weighted by Gasteiger charge is 2.25. The Bertz CT molecular complexity index is 2520. The molecule has 3 aromatic heterocycles. The van der Waals surface area contributed by atoms with Gasteiger partial charge in [0.25, 0.3) is 11.1 Å². The minimum atomic E-state index is -0.739. The maximum Gasteiger partial charge on any atom is 0.281 e. The summed E-state index contributed by atoms with van der Waals surface area (Å²) in [4.78, 5) is 15.7. The third-order valence-corrected chi connectivity index (χ3v) is 7.76. The molecule has 0 amide bonds. The van der Waals surface area contributed by atoms with E-state index >= 15 is 0 Å². The summed E-state index contributed by atoms with van der Waals surface area (Å²) in [5.74, 6) is -2.52. The van der Waals surface area contributed by atoms with E-state index in [1.165, 1.54) is 21.5 Å². The summed E-state index contributed by atoms with van der Waals surface area (Å²) in [5.41, 5.74) is 2.50. The molecule has 0 atom stereocenters. The van der Waals surface area contributed by atoms with Gasteiger partial charge in [0.1, 0.15) is 46.0 Å². The predicted molar refractivity (Wildman–Crippen MR) is 182 cm³/mol. The molecule has 0 unspecified atom stereocenters. The maximum absolute atomic E-state index is 14.5. The number of para-hydroxylation sites is 2. The van der Waals surface area contributed by atoms with Crippen LogP contribution in [0.1, 0.15) is 10.5 Å². The van der Waals surface area contributed by atoms with Gasteiger partial charge in [-0.1, -0.05) is 101 Å². The number of halogens is 5. The normalized spacial score (nSPS) is 10.9. The zero-order valence-corrected chi connectivity index (χ0v) is 27.2.